The predicted octanol–water partition coefficient (Wildman–Crippen LogP) is 0.957. The quantitative estimate of drug-likeness (QED) is 0.305. The maximum absolute atomic E-state index is 10.0. The first-order valence-electron chi connectivity index (χ1n) is 3.67. The van der Waals surface area contributed by atoms with E-state index in [2.05, 4.69) is 0 Å². The summed E-state index contributed by atoms with van der Waals surface area (Å²) in [5, 5.41) is 15.1. The fourth-order valence-corrected chi connectivity index (χ4v) is 0.768. The van der Waals surface area contributed by atoms with Gasteiger partial charge < -0.3 is 10.8 Å². The summed E-state index contributed by atoms with van der Waals surface area (Å²) in [6.07, 6.45) is 3.15. The van der Waals surface area contributed by atoms with Crippen LogP contribution in [0.4, 0.5) is 0 Å². The molecule has 0 aromatic rings. The van der Waals surface area contributed by atoms with Gasteiger partial charge in [-0.3, -0.25) is 10.2 Å². The molecule has 0 aliphatic heterocycles. The Morgan fingerprint density at radius 2 is 1.82 bits per heavy atom. The molecular formula is C7H14N2O2. The van der Waals surface area contributed by atoms with Crippen LogP contribution in [-0.4, -0.2) is 16.9 Å². The molecule has 0 aromatic heterocycles. The standard InChI is InChI=1S/C7H14N2O2/c8-6(9)4-2-1-3-5-7(10)11/h1-5H2,(H3,8,9)(H,10,11). The van der Waals surface area contributed by atoms with Crippen LogP contribution in [0.1, 0.15) is 32.1 Å². The Balaban J connectivity index is 3.03. The molecular weight excluding hydrogens is 144 g/mol. The summed E-state index contributed by atoms with van der Waals surface area (Å²) < 4.78 is 0. The fraction of sp³-hybridized carbons (Fsp3) is 0.714. The number of hydrogen-bond acceptors (Lipinski definition) is 2. The lowest BCUT2D eigenvalue weighted by Gasteiger charge is -1.96. The van der Waals surface area contributed by atoms with E-state index in [9.17, 15) is 4.79 Å². The molecule has 0 bridgehead atoms. The average molecular weight is 158 g/mol. The van der Waals surface area contributed by atoms with Crippen molar-refractivity contribution in [2.45, 2.75) is 32.1 Å². The van der Waals surface area contributed by atoms with E-state index < -0.39 is 5.97 Å². The maximum Gasteiger partial charge on any atom is 0.303 e. The van der Waals surface area contributed by atoms with Crippen LogP contribution in [0.15, 0.2) is 0 Å². The largest absolute Gasteiger partial charge is 0.481 e. The van der Waals surface area contributed by atoms with Crippen molar-refractivity contribution in [3.63, 3.8) is 0 Å². The Kier molecular flexibility index (Phi) is 5.15. The minimum absolute atomic E-state index is 0.181. The van der Waals surface area contributed by atoms with E-state index in [0.717, 1.165) is 12.8 Å². The summed E-state index contributed by atoms with van der Waals surface area (Å²) in [5.74, 6) is -0.576. The Hall–Kier alpha value is -1.06. The topological polar surface area (TPSA) is 87.2 Å². The van der Waals surface area contributed by atoms with E-state index in [1.807, 2.05) is 0 Å². The molecule has 0 spiro atoms. The van der Waals surface area contributed by atoms with Crippen LogP contribution in [0, 0.1) is 5.41 Å². The molecule has 0 unspecified atom stereocenters. The highest BCUT2D eigenvalue weighted by Crippen LogP contribution is 2.01. The Labute approximate surface area is 65.9 Å². The van der Waals surface area contributed by atoms with Crippen molar-refractivity contribution in [2.24, 2.45) is 5.73 Å². The van der Waals surface area contributed by atoms with Crippen LogP contribution in [-0.2, 0) is 4.79 Å². The van der Waals surface area contributed by atoms with Crippen LogP contribution >= 0.6 is 0 Å². The highest BCUT2D eigenvalue weighted by Gasteiger charge is 1.96. The molecule has 0 saturated heterocycles. The molecule has 0 heterocycles. The summed E-state index contributed by atoms with van der Waals surface area (Å²) in [6.45, 7) is 0. The van der Waals surface area contributed by atoms with Gasteiger partial charge in [-0.15, -0.1) is 0 Å². The van der Waals surface area contributed by atoms with E-state index in [4.69, 9.17) is 16.2 Å². The zero-order valence-corrected chi connectivity index (χ0v) is 6.47. The van der Waals surface area contributed by atoms with Crippen molar-refractivity contribution < 1.29 is 9.90 Å². The molecule has 4 nitrogen and oxygen atoms in total. The lowest BCUT2D eigenvalue weighted by Crippen LogP contribution is -2.08. The van der Waals surface area contributed by atoms with Crippen molar-refractivity contribution in [3.05, 3.63) is 0 Å². The van der Waals surface area contributed by atoms with E-state index in [0.29, 0.717) is 12.8 Å². The smallest absolute Gasteiger partial charge is 0.303 e. The second kappa shape index (κ2) is 5.70. The second-order valence-corrected chi connectivity index (χ2v) is 2.48. The van der Waals surface area contributed by atoms with Gasteiger partial charge in [-0.25, -0.2) is 0 Å². The molecule has 0 aliphatic carbocycles. The number of aliphatic carboxylic acids is 1. The molecule has 0 amide bonds. The molecule has 0 fully saturated rings. The van der Waals surface area contributed by atoms with Gasteiger partial charge in [0.15, 0.2) is 0 Å². The van der Waals surface area contributed by atoms with Crippen molar-refractivity contribution in [1.82, 2.24) is 0 Å². The van der Waals surface area contributed by atoms with Crippen molar-refractivity contribution in [3.8, 4) is 0 Å². The van der Waals surface area contributed by atoms with Crippen LogP contribution in [0.25, 0.3) is 0 Å². The lowest BCUT2D eigenvalue weighted by molar-refractivity contribution is -0.137. The van der Waals surface area contributed by atoms with Crippen molar-refractivity contribution in [2.75, 3.05) is 0 Å². The lowest BCUT2D eigenvalue weighted by atomic mass is 10.1. The third-order valence-corrected chi connectivity index (χ3v) is 1.34. The van der Waals surface area contributed by atoms with Gasteiger partial charge in [-0.2, -0.15) is 0 Å². The minimum Gasteiger partial charge on any atom is -0.481 e. The van der Waals surface area contributed by atoms with Gasteiger partial charge in [0.1, 0.15) is 0 Å². The molecule has 0 radical (unpaired) electrons. The molecule has 0 rings (SSSR count). The van der Waals surface area contributed by atoms with Crippen molar-refractivity contribution in [1.29, 1.82) is 5.41 Å². The number of rotatable bonds is 6. The van der Waals surface area contributed by atoms with Gasteiger partial charge in [0.25, 0.3) is 0 Å². The molecule has 0 saturated carbocycles. The highest BCUT2D eigenvalue weighted by molar-refractivity contribution is 5.76. The zero-order valence-electron chi connectivity index (χ0n) is 6.47. The fourth-order valence-electron chi connectivity index (χ4n) is 0.768. The number of amidine groups is 1. The number of nitrogens with one attached hydrogen (secondary N) is 1. The summed E-state index contributed by atoms with van der Waals surface area (Å²) >= 11 is 0. The van der Waals surface area contributed by atoms with E-state index in [1.165, 1.54) is 0 Å². The molecule has 0 aliphatic rings. The second-order valence-electron chi connectivity index (χ2n) is 2.48. The Bertz CT molecular complexity index is 129. The molecule has 0 aromatic carbocycles. The molecule has 4 heteroatoms. The number of nitrogens with two attached hydrogens (primary N) is 1. The van der Waals surface area contributed by atoms with Gasteiger partial charge in [-0.05, 0) is 12.8 Å². The third-order valence-electron chi connectivity index (χ3n) is 1.34. The van der Waals surface area contributed by atoms with Crippen LogP contribution in [0.5, 0.6) is 0 Å². The van der Waals surface area contributed by atoms with Gasteiger partial charge in [0.2, 0.25) is 0 Å². The summed E-state index contributed by atoms with van der Waals surface area (Å²) in [6, 6.07) is 0. The zero-order chi connectivity index (χ0) is 8.69. The van der Waals surface area contributed by atoms with Crippen LogP contribution in [0.2, 0.25) is 0 Å². The number of carbonyl (C=O) groups is 1. The molecule has 0 atom stereocenters. The third kappa shape index (κ3) is 8.94. The van der Waals surface area contributed by atoms with Gasteiger partial charge in [-0.1, -0.05) is 6.42 Å². The SMILES string of the molecule is N=C(N)CCCCCC(=O)O. The monoisotopic (exact) mass is 158 g/mol. The highest BCUT2D eigenvalue weighted by atomic mass is 16.4. The normalized spacial score (nSPS) is 9.45. The first-order chi connectivity index (χ1) is 5.13. The van der Waals surface area contributed by atoms with Crippen LogP contribution in [0.3, 0.4) is 0 Å². The van der Waals surface area contributed by atoms with E-state index in [-0.39, 0.29) is 12.3 Å². The predicted molar refractivity (Wildman–Crippen MR) is 42.6 cm³/mol. The number of carboxylic acids is 1. The first kappa shape index (κ1) is 9.94. The van der Waals surface area contributed by atoms with Gasteiger partial charge >= 0.3 is 5.97 Å². The number of unbranched alkanes of at least 4 members (excludes halogenated alkanes) is 2. The molecule has 4 N–H and O–H groups in total. The van der Waals surface area contributed by atoms with Gasteiger partial charge in [0.05, 0.1) is 5.84 Å². The first-order valence-corrected chi connectivity index (χ1v) is 3.67. The Morgan fingerprint density at radius 3 is 2.27 bits per heavy atom. The van der Waals surface area contributed by atoms with Crippen LogP contribution < -0.4 is 5.73 Å². The molecule has 11 heavy (non-hydrogen) atoms. The van der Waals surface area contributed by atoms with E-state index in [1.54, 1.807) is 0 Å². The summed E-state index contributed by atoms with van der Waals surface area (Å²) in [7, 11) is 0. The maximum atomic E-state index is 10.0. The van der Waals surface area contributed by atoms with Crippen molar-refractivity contribution >= 4 is 11.8 Å². The number of hydrogen-bond donors (Lipinski definition) is 3. The van der Waals surface area contributed by atoms with E-state index >= 15 is 0 Å². The summed E-state index contributed by atoms with van der Waals surface area (Å²) in [4.78, 5) is 10.0. The average Bonchev–Trinajstić information content (AvgIpc) is 1.85. The number of carboxylic acid groups (broad SMARTS) is 1. The van der Waals surface area contributed by atoms with Gasteiger partial charge in [0, 0.05) is 12.8 Å². The Morgan fingerprint density at radius 1 is 1.27 bits per heavy atom. The minimum atomic E-state index is -0.757. The summed E-state index contributed by atoms with van der Waals surface area (Å²) in [5.41, 5.74) is 5.10. The molecule has 64 valence electrons.